The summed E-state index contributed by atoms with van der Waals surface area (Å²) in [6.45, 7) is 0. The van der Waals surface area contributed by atoms with Crippen molar-refractivity contribution in [3.05, 3.63) is 54.6 Å². The van der Waals surface area contributed by atoms with Gasteiger partial charge in [0.1, 0.15) is 5.75 Å². The molecule has 0 radical (unpaired) electrons. The zero-order valence-electron chi connectivity index (χ0n) is 13.1. The van der Waals surface area contributed by atoms with Crippen LogP contribution in [-0.2, 0) is 4.79 Å². The fourth-order valence-electron chi connectivity index (χ4n) is 2.44. The van der Waals surface area contributed by atoms with Crippen molar-refractivity contribution >= 4 is 22.5 Å². The number of halogens is 3. The highest BCUT2D eigenvalue weighted by molar-refractivity contribution is 5.97. The van der Waals surface area contributed by atoms with E-state index in [-0.39, 0.29) is 11.4 Å². The lowest BCUT2D eigenvalue weighted by Crippen LogP contribution is -2.38. The quantitative estimate of drug-likeness (QED) is 0.759. The Morgan fingerprint density at radius 1 is 1.04 bits per heavy atom. The first kappa shape index (κ1) is 16.8. The number of aromatic nitrogens is 1. The fourth-order valence-corrected chi connectivity index (χ4v) is 2.44. The van der Waals surface area contributed by atoms with Crippen molar-refractivity contribution in [3.8, 4) is 17.0 Å². The highest BCUT2D eigenvalue weighted by Gasteiger charge is 2.41. The number of amides is 1. The maximum Gasteiger partial charge on any atom is 0.471 e. The van der Waals surface area contributed by atoms with Crippen LogP contribution < -0.4 is 4.90 Å². The number of hydrogen-bond donors (Lipinski definition) is 1. The Balaban J connectivity index is 1.90. The Hall–Kier alpha value is -3.09. The molecule has 0 aliphatic heterocycles. The van der Waals surface area contributed by atoms with Crippen LogP contribution in [0.5, 0.6) is 5.75 Å². The third-order valence-corrected chi connectivity index (χ3v) is 3.77. The van der Waals surface area contributed by atoms with Crippen molar-refractivity contribution in [2.75, 3.05) is 11.9 Å². The number of aromatic hydroxyl groups is 1. The minimum Gasteiger partial charge on any atom is -0.508 e. The molecule has 25 heavy (non-hydrogen) atoms. The second-order valence-corrected chi connectivity index (χ2v) is 5.48. The van der Waals surface area contributed by atoms with Crippen LogP contribution in [0.1, 0.15) is 0 Å². The van der Waals surface area contributed by atoms with E-state index in [1.54, 1.807) is 36.4 Å². The predicted molar refractivity (Wildman–Crippen MR) is 88.3 cm³/mol. The number of hydrogen-bond acceptors (Lipinski definition) is 3. The van der Waals surface area contributed by atoms with Crippen LogP contribution in [0.15, 0.2) is 54.6 Å². The molecule has 3 rings (SSSR count). The number of benzene rings is 2. The lowest BCUT2D eigenvalue weighted by atomic mass is 10.1. The van der Waals surface area contributed by atoms with Crippen molar-refractivity contribution in [1.82, 2.24) is 4.98 Å². The van der Waals surface area contributed by atoms with Crippen molar-refractivity contribution in [2.45, 2.75) is 6.18 Å². The SMILES string of the molecule is CN(C(=O)C(F)(F)F)c1ccc(-c2ccc3cc(O)ccc3n2)cc1. The molecule has 0 unspecified atom stereocenters. The molecule has 0 saturated heterocycles. The number of fused-ring (bicyclic) bond motifs is 1. The maximum atomic E-state index is 12.5. The highest BCUT2D eigenvalue weighted by Crippen LogP contribution is 2.27. The molecule has 1 amide bonds. The molecular formula is C18H13F3N2O2. The topological polar surface area (TPSA) is 53.4 Å². The Morgan fingerprint density at radius 2 is 1.72 bits per heavy atom. The van der Waals surface area contributed by atoms with Gasteiger partial charge in [-0.1, -0.05) is 18.2 Å². The monoisotopic (exact) mass is 346 g/mol. The van der Waals surface area contributed by atoms with E-state index in [9.17, 15) is 23.1 Å². The van der Waals surface area contributed by atoms with Crippen LogP contribution >= 0.6 is 0 Å². The molecule has 1 aromatic heterocycles. The molecule has 0 spiro atoms. The van der Waals surface area contributed by atoms with E-state index in [1.165, 1.54) is 18.2 Å². The van der Waals surface area contributed by atoms with Gasteiger partial charge in [-0.05, 0) is 36.4 Å². The summed E-state index contributed by atoms with van der Waals surface area (Å²) in [7, 11) is 1.07. The van der Waals surface area contributed by atoms with Gasteiger partial charge < -0.3 is 10.0 Å². The molecule has 4 nitrogen and oxygen atoms in total. The van der Waals surface area contributed by atoms with Crippen LogP contribution in [0.3, 0.4) is 0 Å². The largest absolute Gasteiger partial charge is 0.508 e. The van der Waals surface area contributed by atoms with Crippen molar-refractivity contribution in [2.24, 2.45) is 0 Å². The number of nitrogens with zero attached hydrogens (tertiary/aromatic N) is 2. The third kappa shape index (κ3) is 3.40. The van der Waals surface area contributed by atoms with Crippen molar-refractivity contribution in [3.63, 3.8) is 0 Å². The molecule has 0 atom stereocenters. The summed E-state index contributed by atoms with van der Waals surface area (Å²) in [5, 5.41) is 10.2. The summed E-state index contributed by atoms with van der Waals surface area (Å²) in [5.74, 6) is -1.78. The number of carbonyl (C=O) groups is 1. The fraction of sp³-hybridized carbons (Fsp3) is 0.111. The summed E-state index contributed by atoms with van der Waals surface area (Å²) in [5.41, 5.74) is 2.15. The van der Waals surface area contributed by atoms with Gasteiger partial charge >= 0.3 is 12.1 Å². The Bertz CT molecular complexity index is 937. The minimum atomic E-state index is -4.92. The first-order valence-corrected chi connectivity index (χ1v) is 7.31. The summed E-state index contributed by atoms with van der Waals surface area (Å²) < 4.78 is 37.5. The van der Waals surface area contributed by atoms with Gasteiger partial charge in [-0.15, -0.1) is 0 Å². The average Bonchev–Trinajstić information content (AvgIpc) is 2.59. The van der Waals surface area contributed by atoms with Gasteiger partial charge in [0.15, 0.2) is 0 Å². The molecule has 0 aliphatic carbocycles. The van der Waals surface area contributed by atoms with Crippen LogP contribution in [0.4, 0.5) is 18.9 Å². The van der Waals surface area contributed by atoms with E-state index in [4.69, 9.17) is 0 Å². The second kappa shape index (κ2) is 6.08. The molecule has 1 heterocycles. The zero-order chi connectivity index (χ0) is 18.2. The van der Waals surface area contributed by atoms with Crippen LogP contribution in [0, 0.1) is 0 Å². The molecule has 1 N–H and O–H groups in total. The molecule has 0 fully saturated rings. The van der Waals surface area contributed by atoms with E-state index >= 15 is 0 Å². The van der Waals surface area contributed by atoms with Crippen LogP contribution in [0.2, 0.25) is 0 Å². The van der Waals surface area contributed by atoms with Gasteiger partial charge in [-0.25, -0.2) is 4.98 Å². The van der Waals surface area contributed by atoms with Gasteiger partial charge in [-0.2, -0.15) is 13.2 Å². The number of carbonyl (C=O) groups excluding carboxylic acids is 1. The Morgan fingerprint density at radius 3 is 2.36 bits per heavy atom. The molecule has 2 aromatic carbocycles. The average molecular weight is 346 g/mol. The smallest absolute Gasteiger partial charge is 0.471 e. The number of pyridine rings is 1. The lowest BCUT2D eigenvalue weighted by Gasteiger charge is -2.19. The van der Waals surface area contributed by atoms with Crippen LogP contribution in [0.25, 0.3) is 22.2 Å². The Kier molecular flexibility index (Phi) is 4.08. The van der Waals surface area contributed by atoms with Gasteiger partial charge in [0, 0.05) is 23.7 Å². The number of phenolic OH excluding ortho intramolecular Hbond substituents is 1. The van der Waals surface area contributed by atoms with Crippen molar-refractivity contribution < 1.29 is 23.1 Å². The van der Waals surface area contributed by atoms with Crippen molar-refractivity contribution in [1.29, 1.82) is 0 Å². The molecule has 0 saturated carbocycles. The first-order chi connectivity index (χ1) is 11.8. The van der Waals surface area contributed by atoms with Gasteiger partial charge in [0.2, 0.25) is 0 Å². The summed E-state index contributed by atoms with van der Waals surface area (Å²) in [4.78, 5) is 16.3. The summed E-state index contributed by atoms with van der Waals surface area (Å²) in [6, 6.07) is 14.4. The summed E-state index contributed by atoms with van der Waals surface area (Å²) in [6.07, 6.45) is -4.92. The highest BCUT2D eigenvalue weighted by atomic mass is 19.4. The van der Waals surface area contributed by atoms with E-state index < -0.39 is 12.1 Å². The lowest BCUT2D eigenvalue weighted by molar-refractivity contribution is -0.170. The number of alkyl halides is 3. The molecule has 7 heteroatoms. The third-order valence-electron chi connectivity index (χ3n) is 3.77. The minimum absolute atomic E-state index is 0.136. The number of phenols is 1. The second-order valence-electron chi connectivity index (χ2n) is 5.48. The zero-order valence-corrected chi connectivity index (χ0v) is 13.1. The summed E-state index contributed by atoms with van der Waals surface area (Å²) >= 11 is 0. The van der Waals surface area contributed by atoms with Gasteiger partial charge in [0.25, 0.3) is 0 Å². The molecule has 128 valence electrons. The standard InChI is InChI=1S/C18H13F3N2O2/c1-23(17(25)18(19,20)21)13-5-2-11(3-6-13)15-8-4-12-10-14(24)7-9-16(12)22-15/h2-10,24H,1H3. The Labute approximate surface area is 141 Å². The molecule has 3 aromatic rings. The van der Waals surface area contributed by atoms with Crippen LogP contribution in [-0.4, -0.2) is 29.2 Å². The maximum absolute atomic E-state index is 12.5. The van der Waals surface area contributed by atoms with E-state index in [1.807, 2.05) is 0 Å². The normalized spacial score (nSPS) is 11.5. The molecule has 0 aliphatic rings. The number of rotatable bonds is 2. The molecular weight excluding hydrogens is 333 g/mol. The van der Waals surface area contributed by atoms with E-state index in [2.05, 4.69) is 4.98 Å². The predicted octanol–water partition coefficient (Wildman–Crippen LogP) is 4.13. The first-order valence-electron chi connectivity index (χ1n) is 7.31. The number of anilines is 1. The van der Waals surface area contributed by atoms with E-state index in [0.717, 1.165) is 12.4 Å². The van der Waals surface area contributed by atoms with Gasteiger partial charge in [0.05, 0.1) is 11.2 Å². The van der Waals surface area contributed by atoms with E-state index in [0.29, 0.717) is 21.7 Å². The molecule has 0 bridgehead atoms. The van der Waals surface area contributed by atoms with Gasteiger partial charge in [-0.3, -0.25) is 4.79 Å².